The minimum Gasteiger partial charge on any atom is -0.454 e. The first kappa shape index (κ1) is 30.3. The lowest BCUT2D eigenvalue weighted by molar-refractivity contribution is -0.142. The van der Waals surface area contributed by atoms with Crippen molar-refractivity contribution in [2.45, 2.75) is 9.75 Å². The Hall–Kier alpha value is -4.31. The van der Waals surface area contributed by atoms with Gasteiger partial charge in [0.1, 0.15) is 16.3 Å². The normalized spacial score (nSPS) is 23.8. The van der Waals surface area contributed by atoms with Crippen LogP contribution in [0.5, 0.6) is 0 Å². The van der Waals surface area contributed by atoms with Gasteiger partial charge in [-0.25, -0.2) is 4.79 Å². The number of amides is 3. The summed E-state index contributed by atoms with van der Waals surface area (Å²) in [6.07, 6.45) is 0. The van der Waals surface area contributed by atoms with Crippen LogP contribution in [0.25, 0.3) is 0 Å². The zero-order valence-corrected chi connectivity index (χ0v) is 26.9. The summed E-state index contributed by atoms with van der Waals surface area (Å²) in [5.74, 6) is -4.81. The molecule has 4 aliphatic rings. The molecule has 4 aromatic carbocycles. The first-order chi connectivity index (χ1) is 22.0. The van der Waals surface area contributed by atoms with Gasteiger partial charge in [-0.05, 0) is 58.7 Å². The van der Waals surface area contributed by atoms with Crippen LogP contribution in [-0.4, -0.2) is 47.5 Å². The third kappa shape index (κ3) is 4.52. The van der Waals surface area contributed by atoms with Crippen molar-refractivity contribution in [2.24, 2.45) is 11.8 Å². The molecule has 3 amide bonds. The van der Waals surface area contributed by atoms with Gasteiger partial charge in [0.15, 0.2) is 12.4 Å². The number of carbonyl (C=O) groups excluding carboxylic acids is 5. The van der Waals surface area contributed by atoms with Crippen LogP contribution in [0.2, 0.25) is 0 Å². The van der Waals surface area contributed by atoms with Crippen molar-refractivity contribution in [3.8, 4) is 0 Å². The number of esters is 1. The van der Waals surface area contributed by atoms with Gasteiger partial charge in [0.2, 0.25) is 17.7 Å². The standard InChI is InChI=1S/C35H23BrCl2N2O6/c36-21-13-9-19(10-14-21)27(41)18-46-33(45)20-11-15-22(16-12-20)39-28(42)17-40-31(43)29-30(32(40)44)35(38)24-6-2-1-5-23(24)34(29,37)25-7-3-4-8-26(25)35/h1-16,29-30H,17-18H2,(H,39,42)/t29-,30-,34?,35?/m0/s1. The van der Waals surface area contributed by atoms with Crippen molar-refractivity contribution >= 4 is 74.3 Å². The van der Waals surface area contributed by atoms with Crippen LogP contribution in [0.3, 0.4) is 0 Å². The number of Topliss-reactive ketones (excluding diaryl/α,β-unsaturated/α-hetero) is 1. The number of nitrogens with one attached hydrogen (secondary N) is 1. The zero-order chi connectivity index (χ0) is 32.4. The van der Waals surface area contributed by atoms with Gasteiger partial charge in [-0.3, -0.25) is 24.1 Å². The second-order valence-electron chi connectivity index (χ2n) is 11.4. The molecule has 11 heteroatoms. The lowest BCUT2D eigenvalue weighted by Gasteiger charge is -2.54. The van der Waals surface area contributed by atoms with Crippen molar-refractivity contribution in [3.05, 3.63) is 135 Å². The molecule has 8 nitrogen and oxygen atoms in total. The largest absolute Gasteiger partial charge is 0.454 e. The maximum atomic E-state index is 13.9. The van der Waals surface area contributed by atoms with E-state index in [1.165, 1.54) is 24.3 Å². The molecule has 0 aromatic heterocycles. The third-order valence-corrected chi connectivity index (χ3v) is 10.7. The molecule has 4 aromatic rings. The Balaban J connectivity index is 1.05. The Morgan fingerprint density at radius 3 is 1.65 bits per heavy atom. The Labute approximate surface area is 281 Å². The molecule has 230 valence electrons. The molecular formula is C35H23BrCl2N2O6. The summed E-state index contributed by atoms with van der Waals surface area (Å²) in [4.78, 5) is 64.1. The number of hydrogen-bond donors (Lipinski definition) is 1. The Kier molecular flexibility index (Phi) is 7.38. The highest BCUT2D eigenvalue weighted by atomic mass is 79.9. The number of benzene rings is 4. The summed E-state index contributed by atoms with van der Waals surface area (Å²) in [5.41, 5.74) is 3.61. The number of anilines is 1. The second kappa shape index (κ2) is 11.2. The number of halogens is 3. The predicted molar refractivity (Wildman–Crippen MR) is 174 cm³/mol. The highest BCUT2D eigenvalue weighted by Crippen LogP contribution is 2.69. The Morgan fingerprint density at radius 1 is 0.717 bits per heavy atom. The van der Waals surface area contributed by atoms with Gasteiger partial charge in [0, 0.05) is 15.7 Å². The van der Waals surface area contributed by atoms with Crippen molar-refractivity contribution in [2.75, 3.05) is 18.5 Å². The Bertz CT molecular complexity index is 1840. The lowest BCUT2D eigenvalue weighted by Crippen LogP contribution is -2.57. The van der Waals surface area contributed by atoms with Crippen LogP contribution in [0.4, 0.5) is 5.69 Å². The fourth-order valence-electron chi connectivity index (χ4n) is 6.85. The van der Waals surface area contributed by atoms with Crippen LogP contribution in [0, 0.1) is 11.8 Å². The minimum atomic E-state index is -1.33. The molecule has 46 heavy (non-hydrogen) atoms. The van der Waals surface area contributed by atoms with Crippen molar-refractivity contribution in [1.82, 2.24) is 4.90 Å². The van der Waals surface area contributed by atoms with Crippen LogP contribution in [0.1, 0.15) is 43.0 Å². The van der Waals surface area contributed by atoms with Gasteiger partial charge < -0.3 is 10.1 Å². The number of nitrogens with zero attached hydrogens (tertiary/aromatic N) is 1. The smallest absolute Gasteiger partial charge is 0.338 e. The van der Waals surface area contributed by atoms with Crippen molar-refractivity contribution < 1.29 is 28.7 Å². The summed E-state index contributed by atoms with van der Waals surface area (Å²) in [5, 5.41) is 2.66. The number of ether oxygens (including phenoxy) is 1. The highest BCUT2D eigenvalue weighted by Gasteiger charge is 2.73. The number of likely N-dealkylation sites (tertiary alicyclic amines) is 1. The lowest BCUT2D eigenvalue weighted by atomic mass is 9.54. The van der Waals surface area contributed by atoms with E-state index >= 15 is 0 Å². The number of ketones is 1. The quantitative estimate of drug-likeness (QED) is 0.108. The van der Waals surface area contributed by atoms with Gasteiger partial charge >= 0.3 is 5.97 Å². The molecular weight excluding hydrogens is 695 g/mol. The van der Waals surface area contributed by atoms with Crippen LogP contribution >= 0.6 is 39.1 Å². The SMILES string of the molecule is O=C(CN1C(=O)[C@@H]2[C@@H](C1=O)C1(Cl)c3ccccc3C2(Cl)c2ccccc21)Nc1ccc(C(=O)OCC(=O)c2ccc(Br)cc2)cc1. The highest BCUT2D eigenvalue weighted by molar-refractivity contribution is 9.10. The number of imide groups is 1. The van der Waals surface area contributed by atoms with E-state index < -0.39 is 58.4 Å². The number of carbonyl (C=O) groups is 5. The van der Waals surface area contributed by atoms with Crippen LogP contribution in [0.15, 0.2) is 102 Å². The number of hydrogen-bond acceptors (Lipinski definition) is 6. The van der Waals surface area contributed by atoms with E-state index in [0.29, 0.717) is 33.5 Å². The molecule has 1 N–H and O–H groups in total. The summed E-state index contributed by atoms with van der Waals surface area (Å²) in [6, 6.07) is 27.1. The van der Waals surface area contributed by atoms with E-state index in [2.05, 4.69) is 21.2 Å². The molecule has 1 aliphatic heterocycles. The summed E-state index contributed by atoms with van der Waals surface area (Å²) >= 11 is 18.1. The maximum absolute atomic E-state index is 13.9. The fourth-order valence-corrected chi connectivity index (χ4v) is 8.21. The van der Waals surface area contributed by atoms with E-state index in [4.69, 9.17) is 27.9 Å². The van der Waals surface area contributed by atoms with E-state index in [9.17, 15) is 24.0 Å². The van der Waals surface area contributed by atoms with Gasteiger partial charge in [0.05, 0.1) is 17.4 Å². The molecule has 3 aliphatic carbocycles. The number of alkyl halides is 2. The molecule has 0 radical (unpaired) electrons. The first-order valence-electron chi connectivity index (χ1n) is 14.3. The van der Waals surface area contributed by atoms with Crippen LogP contribution in [-0.2, 0) is 28.9 Å². The molecule has 0 saturated carbocycles. The Morgan fingerprint density at radius 2 is 1.17 bits per heavy atom. The molecule has 0 unspecified atom stereocenters. The zero-order valence-electron chi connectivity index (χ0n) is 23.8. The van der Waals surface area contributed by atoms with E-state index in [1.54, 1.807) is 24.3 Å². The second-order valence-corrected chi connectivity index (χ2v) is 13.5. The van der Waals surface area contributed by atoms with E-state index in [0.717, 1.165) is 9.37 Å². The van der Waals surface area contributed by atoms with Crippen LogP contribution < -0.4 is 5.32 Å². The molecule has 0 spiro atoms. The molecule has 2 bridgehead atoms. The number of rotatable bonds is 7. The predicted octanol–water partition coefficient (Wildman–Crippen LogP) is 6.02. The summed E-state index contributed by atoms with van der Waals surface area (Å²) in [7, 11) is 0. The minimum absolute atomic E-state index is 0.171. The van der Waals surface area contributed by atoms with Gasteiger partial charge in [0.25, 0.3) is 0 Å². The molecule has 1 fully saturated rings. The van der Waals surface area contributed by atoms with E-state index in [1.807, 2.05) is 48.5 Å². The first-order valence-corrected chi connectivity index (χ1v) is 15.9. The fraction of sp³-hybridized carbons (Fsp3) is 0.171. The topological polar surface area (TPSA) is 110 Å². The third-order valence-electron chi connectivity index (χ3n) is 8.88. The van der Waals surface area contributed by atoms with Gasteiger partial charge in [-0.15, -0.1) is 23.2 Å². The average Bonchev–Trinajstić information content (AvgIpc) is 3.32. The summed E-state index contributed by atoms with van der Waals surface area (Å²) < 4.78 is 5.97. The molecule has 1 heterocycles. The van der Waals surface area contributed by atoms with Gasteiger partial charge in [-0.1, -0.05) is 76.6 Å². The molecule has 1 saturated heterocycles. The van der Waals surface area contributed by atoms with Gasteiger partial charge in [-0.2, -0.15) is 0 Å². The maximum Gasteiger partial charge on any atom is 0.338 e. The monoisotopic (exact) mass is 716 g/mol. The average molecular weight is 718 g/mol. The molecule has 8 rings (SSSR count). The molecule has 2 atom stereocenters. The van der Waals surface area contributed by atoms with Crippen molar-refractivity contribution in [3.63, 3.8) is 0 Å². The van der Waals surface area contributed by atoms with E-state index in [-0.39, 0.29) is 11.3 Å². The van der Waals surface area contributed by atoms with Crippen molar-refractivity contribution in [1.29, 1.82) is 0 Å². The summed E-state index contributed by atoms with van der Waals surface area (Å²) in [6.45, 7) is -0.971.